The summed E-state index contributed by atoms with van der Waals surface area (Å²) in [4.78, 5) is 11.6. The third kappa shape index (κ3) is 4.66. The Morgan fingerprint density at radius 3 is 2.86 bits per heavy atom. The fourth-order valence-electron chi connectivity index (χ4n) is 1.69. The first-order valence-electron chi connectivity index (χ1n) is 6.16. The maximum atomic E-state index is 11.6. The zero-order valence-corrected chi connectivity index (χ0v) is 12.4. The second-order valence-corrected chi connectivity index (χ2v) is 5.15. The Kier molecular flexibility index (Phi) is 5.49. The van der Waals surface area contributed by atoms with Crippen LogP contribution in [0.5, 0.6) is 0 Å². The third-order valence-electron chi connectivity index (χ3n) is 2.77. The van der Waals surface area contributed by atoms with Crippen LogP contribution in [0.2, 0.25) is 10.0 Å². The Hall–Kier alpha value is -1.70. The van der Waals surface area contributed by atoms with Gasteiger partial charge < -0.3 is 10.4 Å². The highest BCUT2D eigenvalue weighted by atomic mass is 35.5. The lowest BCUT2D eigenvalue weighted by Crippen LogP contribution is -2.29. The van der Waals surface area contributed by atoms with Gasteiger partial charge in [0.1, 0.15) is 12.9 Å². The zero-order valence-electron chi connectivity index (χ0n) is 10.9. The highest BCUT2D eigenvalue weighted by Gasteiger charge is 2.10. The minimum Gasteiger partial charge on any atom is -0.388 e. The van der Waals surface area contributed by atoms with Gasteiger partial charge in [-0.15, -0.1) is 5.10 Å². The molecule has 0 saturated heterocycles. The largest absolute Gasteiger partial charge is 0.388 e. The van der Waals surface area contributed by atoms with E-state index in [1.165, 1.54) is 11.0 Å². The van der Waals surface area contributed by atoms with Crippen molar-refractivity contribution in [1.29, 1.82) is 0 Å². The first kappa shape index (κ1) is 15.7. The van der Waals surface area contributed by atoms with Crippen molar-refractivity contribution in [2.75, 3.05) is 6.54 Å². The lowest BCUT2D eigenvalue weighted by Gasteiger charge is -2.12. The number of aromatic nitrogens is 4. The fourth-order valence-corrected chi connectivity index (χ4v) is 2.00. The average Bonchev–Trinajstić information content (AvgIpc) is 2.94. The van der Waals surface area contributed by atoms with Crippen LogP contribution in [0.25, 0.3) is 0 Å². The number of aliphatic hydroxyl groups excluding tert-OH is 1. The molecule has 112 valence electrons. The molecule has 21 heavy (non-hydrogen) atoms. The van der Waals surface area contributed by atoms with Crippen molar-refractivity contribution < 1.29 is 9.90 Å². The second-order valence-electron chi connectivity index (χ2n) is 4.34. The van der Waals surface area contributed by atoms with Crippen molar-refractivity contribution >= 4 is 29.1 Å². The average molecular weight is 330 g/mol. The number of benzene rings is 1. The van der Waals surface area contributed by atoms with Gasteiger partial charge in [0.25, 0.3) is 0 Å². The Morgan fingerprint density at radius 1 is 1.38 bits per heavy atom. The molecule has 1 aromatic carbocycles. The van der Waals surface area contributed by atoms with Crippen molar-refractivity contribution in [3.8, 4) is 0 Å². The van der Waals surface area contributed by atoms with Crippen molar-refractivity contribution in [2.24, 2.45) is 0 Å². The van der Waals surface area contributed by atoms with E-state index in [1.54, 1.807) is 18.2 Å². The number of hydrogen-bond donors (Lipinski definition) is 2. The van der Waals surface area contributed by atoms with E-state index in [1.807, 2.05) is 0 Å². The Morgan fingerprint density at radius 2 is 2.19 bits per heavy atom. The van der Waals surface area contributed by atoms with Gasteiger partial charge in [0.15, 0.2) is 0 Å². The smallest absolute Gasteiger partial charge is 0.241 e. The van der Waals surface area contributed by atoms with Crippen LogP contribution in [-0.4, -0.2) is 37.8 Å². The van der Waals surface area contributed by atoms with E-state index in [0.717, 1.165) is 0 Å². The Labute approximate surface area is 130 Å². The van der Waals surface area contributed by atoms with E-state index in [-0.39, 0.29) is 12.5 Å². The molecule has 1 atom stereocenters. The van der Waals surface area contributed by atoms with Gasteiger partial charge in [0.05, 0.1) is 16.1 Å². The van der Waals surface area contributed by atoms with E-state index in [0.29, 0.717) is 28.6 Å². The van der Waals surface area contributed by atoms with Crippen molar-refractivity contribution in [1.82, 2.24) is 25.5 Å². The first-order valence-corrected chi connectivity index (χ1v) is 6.92. The molecule has 0 saturated carbocycles. The lowest BCUT2D eigenvalue weighted by atomic mass is 10.1. The summed E-state index contributed by atoms with van der Waals surface area (Å²) < 4.78 is 1.31. The van der Waals surface area contributed by atoms with Crippen LogP contribution in [-0.2, 0) is 11.3 Å². The van der Waals surface area contributed by atoms with Crippen molar-refractivity contribution in [2.45, 2.75) is 19.1 Å². The molecule has 1 aromatic heterocycles. The topological polar surface area (TPSA) is 92.9 Å². The molecule has 7 nitrogen and oxygen atoms in total. The number of amides is 1. The Balaban J connectivity index is 1.77. The number of nitrogens with zero attached hydrogens (tertiary/aromatic N) is 4. The number of carbonyl (C=O) groups is 1. The van der Waals surface area contributed by atoms with Gasteiger partial charge in [-0.3, -0.25) is 4.79 Å². The minimum atomic E-state index is -0.729. The molecule has 0 aliphatic rings. The molecule has 0 spiro atoms. The van der Waals surface area contributed by atoms with Gasteiger partial charge in [-0.1, -0.05) is 29.3 Å². The van der Waals surface area contributed by atoms with Crippen molar-refractivity contribution in [3.05, 3.63) is 40.1 Å². The van der Waals surface area contributed by atoms with Crippen LogP contribution in [0.4, 0.5) is 0 Å². The van der Waals surface area contributed by atoms with Crippen LogP contribution < -0.4 is 5.32 Å². The molecule has 2 rings (SSSR count). The summed E-state index contributed by atoms with van der Waals surface area (Å²) in [5.74, 6) is -0.233. The van der Waals surface area contributed by atoms with Crippen LogP contribution in [0.3, 0.4) is 0 Å². The number of nitrogens with one attached hydrogen (secondary N) is 1. The maximum Gasteiger partial charge on any atom is 0.241 e. The van der Waals surface area contributed by atoms with E-state index in [2.05, 4.69) is 20.8 Å². The number of rotatable bonds is 6. The second kappa shape index (κ2) is 7.35. The predicted octanol–water partition coefficient (Wildman–Crippen LogP) is 1.22. The molecule has 0 radical (unpaired) electrons. The monoisotopic (exact) mass is 329 g/mol. The van der Waals surface area contributed by atoms with Crippen molar-refractivity contribution in [3.63, 3.8) is 0 Å². The van der Waals surface area contributed by atoms with Gasteiger partial charge in [-0.05, 0) is 34.5 Å². The number of tetrazole rings is 1. The summed E-state index contributed by atoms with van der Waals surface area (Å²) in [6.07, 6.45) is 0.983. The number of aliphatic hydroxyl groups is 1. The molecule has 0 bridgehead atoms. The molecule has 0 fully saturated rings. The molecule has 0 aliphatic carbocycles. The molecular formula is C12H13Cl2N5O2. The summed E-state index contributed by atoms with van der Waals surface area (Å²) in [7, 11) is 0. The molecule has 0 aliphatic heterocycles. The van der Waals surface area contributed by atoms with Crippen LogP contribution in [0.1, 0.15) is 18.1 Å². The lowest BCUT2D eigenvalue weighted by molar-refractivity contribution is -0.121. The third-order valence-corrected chi connectivity index (χ3v) is 3.50. The van der Waals surface area contributed by atoms with E-state index in [4.69, 9.17) is 23.2 Å². The number of carbonyl (C=O) groups excluding carboxylic acids is 1. The van der Waals surface area contributed by atoms with Gasteiger partial charge in [0, 0.05) is 6.54 Å². The molecular weight excluding hydrogens is 317 g/mol. The zero-order chi connectivity index (χ0) is 15.2. The normalized spacial score (nSPS) is 12.1. The van der Waals surface area contributed by atoms with Gasteiger partial charge in [0.2, 0.25) is 5.91 Å². The molecule has 9 heteroatoms. The van der Waals surface area contributed by atoms with E-state index >= 15 is 0 Å². The van der Waals surface area contributed by atoms with Gasteiger partial charge in [-0.2, -0.15) is 0 Å². The maximum absolute atomic E-state index is 11.6. The first-order chi connectivity index (χ1) is 10.1. The van der Waals surface area contributed by atoms with Crippen LogP contribution in [0.15, 0.2) is 24.5 Å². The highest BCUT2D eigenvalue weighted by Crippen LogP contribution is 2.26. The molecule has 0 unspecified atom stereocenters. The molecule has 2 N–H and O–H groups in total. The van der Waals surface area contributed by atoms with E-state index in [9.17, 15) is 9.90 Å². The molecule has 1 heterocycles. The van der Waals surface area contributed by atoms with E-state index < -0.39 is 6.10 Å². The van der Waals surface area contributed by atoms with Gasteiger partial charge in [-0.25, -0.2) is 4.68 Å². The molecule has 2 aromatic rings. The highest BCUT2D eigenvalue weighted by molar-refractivity contribution is 6.42. The SMILES string of the molecule is O=C(Cn1cnnn1)NCC[C@H](O)c1ccc(Cl)c(Cl)c1. The number of halogens is 2. The fraction of sp³-hybridized carbons (Fsp3) is 0.333. The Bertz CT molecular complexity index is 606. The summed E-state index contributed by atoms with van der Waals surface area (Å²) in [6.45, 7) is 0.359. The standard InChI is InChI=1S/C12H13Cl2N5O2/c13-9-2-1-8(5-10(9)14)11(20)3-4-15-12(21)6-19-7-16-17-18-19/h1-2,5,7,11,20H,3-4,6H2,(H,15,21)/t11-/m0/s1. The predicted molar refractivity (Wildman–Crippen MR) is 76.9 cm³/mol. The van der Waals surface area contributed by atoms with Crippen LogP contribution >= 0.6 is 23.2 Å². The summed E-state index contributed by atoms with van der Waals surface area (Å²) in [6, 6.07) is 4.93. The molecule has 1 amide bonds. The number of hydrogen-bond acceptors (Lipinski definition) is 5. The quantitative estimate of drug-likeness (QED) is 0.831. The summed E-state index contributed by atoms with van der Waals surface area (Å²) in [5, 5.41) is 23.9. The van der Waals surface area contributed by atoms with Gasteiger partial charge >= 0.3 is 0 Å². The minimum absolute atomic E-state index is 0.0376. The summed E-state index contributed by atoms with van der Waals surface area (Å²) >= 11 is 11.7. The van der Waals surface area contributed by atoms with Crippen LogP contribution in [0, 0.1) is 0 Å². The summed E-state index contributed by atoms with van der Waals surface area (Å²) in [5.41, 5.74) is 0.652.